The molecule has 4 aliphatic rings. The highest BCUT2D eigenvalue weighted by molar-refractivity contribution is 5.77. The Labute approximate surface area is 204 Å². The van der Waals surface area contributed by atoms with Crippen LogP contribution in [0.4, 0.5) is 0 Å². The highest BCUT2D eigenvalue weighted by atomic mass is 16.6. The number of carbonyl (C=O) groups excluding carboxylic acids is 2. The van der Waals surface area contributed by atoms with E-state index in [4.69, 9.17) is 9.47 Å². The molecule has 0 radical (unpaired) electrons. The van der Waals surface area contributed by atoms with Crippen LogP contribution in [0.2, 0.25) is 0 Å². The number of para-hydroxylation sites is 2. The average Bonchev–Trinajstić information content (AvgIpc) is 3.17. The maximum atomic E-state index is 12.7. The Kier molecular flexibility index (Phi) is 6.18. The third-order valence-corrected chi connectivity index (χ3v) is 10.7. The third-order valence-electron chi connectivity index (χ3n) is 10.7. The van der Waals surface area contributed by atoms with Gasteiger partial charge in [-0.2, -0.15) is 0 Å². The molecule has 3 saturated carbocycles. The minimum Gasteiger partial charge on any atom is -0.493 e. The lowest BCUT2D eigenvalue weighted by Crippen LogP contribution is -2.61. The minimum atomic E-state index is -0.159. The van der Waals surface area contributed by atoms with Crippen LogP contribution in [0.1, 0.15) is 78.1 Å². The lowest BCUT2D eigenvalue weighted by atomic mass is 9.46. The molecule has 1 aliphatic heterocycles. The van der Waals surface area contributed by atoms with Gasteiger partial charge in [0.2, 0.25) is 5.91 Å². The zero-order chi connectivity index (χ0) is 24.1. The number of hydrogen-bond acceptors (Lipinski definition) is 4. The first kappa shape index (κ1) is 23.7. The molecule has 1 unspecified atom stereocenters. The maximum absolute atomic E-state index is 12.7. The van der Waals surface area contributed by atoms with Crippen molar-refractivity contribution in [2.45, 2.75) is 84.1 Å². The van der Waals surface area contributed by atoms with E-state index in [0.717, 1.165) is 37.0 Å². The summed E-state index contributed by atoms with van der Waals surface area (Å²) >= 11 is 0. The van der Waals surface area contributed by atoms with Crippen LogP contribution in [-0.4, -0.2) is 37.0 Å². The van der Waals surface area contributed by atoms with E-state index in [1.54, 1.807) is 13.2 Å². The molecule has 34 heavy (non-hydrogen) atoms. The number of benzene rings is 1. The molecule has 5 heteroatoms. The number of rotatable bonds is 5. The van der Waals surface area contributed by atoms with Crippen LogP contribution in [0.15, 0.2) is 24.3 Å². The van der Waals surface area contributed by atoms with Crippen molar-refractivity contribution >= 4 is 11.9 Å². The zero-order valence-electron chi connectivity index (χ0n) is 21.3. The fourth-order valence-electron chi connectivity index (χ4n) is 8.90. The number of fused-ring (bicyclic) bond motifs is 5. The van der Waals surface area contributed by atoms with Gasteiger partial charge in [0, 0.05) is 25.9 Å². The van der Waals surface area contributed by atoms with Gasteiger partial charge in [-0.1, -0.05) is 26.0 Å². The van der Waals surface area contributed by atoms with Gasteiger partial charge in [0.05, 0.1) is 7.11 Å². The Bertz CT molecular complexity index is 946. The van der Waals surface area contributed by atoms with Gasteiger partial charge < -0.3 is 14.4 Å². The highest BCUT2D eigenvalue weighted by Gasteiger charge is 2.60. The van der Waals surface area contributed by atoms with Crippen molar-refractivity contribution in [2.75, 3.05) is 14.2 Å². The van der Waals surface area contributed by atoms with Crippen molar-refractivity contribution in [3.63, 3.8) is 0 Å². The summed E-state index contributed by atoms with van der Waals surface area (Å²) in [6.07, 6.45) is 10.6. The van der Waals surface area contributed by atoms with Crippen LogP contribution < -0.4 is 9.47 Å². The number of amides is 1. The van der Waals surface area contributed by atoms with Gasteiger partial charge in [-0.15, -0.1) is 0 Å². The molecule has 7 atom stereocenters. The number of nitrogens with zero attached hydrogens (tertiary/aromatic N) is 1. The zero-order valence-corrected chi connectivity index (χ0v) is 21.3. The molecule has 1 amide bonds. The smallest absolute Gasteiger partial charge is 0.311 e. The van der Waals surface area contributed by atoms with Crippen LogP contribution in [0.3, 0.4) is 0 Å². The fourth-order valence-corrected chi connectivity index (χ4v) is 8.90. The Morgan fingerprint density at radius 1 is 1.00 bits per heavy atom. The standard InChI is InChI=1S/C29H41NO4/c1-28-17-15-22-20(11-13-25-29(22,2)18-16-26(31)30(25)3)21(28)12-9-19(28)10-14-27(32)34-24-8-6-5-7-23(24)33-4/h5-8,19-22,25H,9-18H2,1-4H3/t19-,20+,21+,22+,25?,28-,29-/m1/s1. The van der Waals surface area contributed by atoms with E-state index in [2.05, 4.69) is 18.7 Å². The normalized spacial score (nSPS) is 39.1. The Balaban J connectivity index is 1.24. The molecule has 0 aromatic heterocycles. The van der Waals surface area contributed by atoms with Gasteiger partial charge in [-0.05, 0) is 98.0 Å². The summed E-state index contributed by atoms with van der Waals surface area (Å²) in [6.45, 7) is 5.00. The first-order chi connectivity index (χ1) is 16.3. The van der Waals surface area contributed by atoms with Crippen LogP contribution in [-0.2, 0) is 9.59 Å². The lowest BCUT2D eigenvalue weighted by Gasteiger charge is -2.62. The predicted molar refractivity (Wildman–Crippen MR) is 132 cm³/mol. The number of methoxy groups -OCH3 is 1. The molecule has 1 heterocycles. The summed E-state index contributed by atoms with van der Waals surface area (Å²) in [4.78, 5) is 27.1. The molecule has 3 aliphatic carbocycles. The van der Waals surface area contributed by atoms with Gasteiger partial charge in [0.1, 0.15) is 0 Å². The topological polar surface area (TPSA) is 55.8 Å². The quantitative estimate of drug-likeness (QED) is 0.402. The molecular formula is C29H41NO4. The Morgan fingerprint density at radius 3 is 2.50 bits per heavy atom. The number of hydrogen-bond donors (Lipinski definition) is 0. The molecule has 0 bridgehead atoms. The fraction of sp³-hybridized carbons (Fsp3) is 0.724. The van der Waals surface area contributed by atoms with Crippen molar-refractivity contribution in [1.82, 2.24) is 4.90 Å². The van der Waals surface area contributed by atoms with Crippen molar-refractivity contribution in [1.29, 1.82) is 0 Å². The summed E-state index contributed by atoms with van der Waals surface area (Å²) in [7, 11) is 3.63. The highest BCUT2D eigenvalue weighted by Crippen LogP contribution is 2.66. The molecule has 1 aromatic carbocycles. The first-order valence-electron chi connectivity index (χ1n) is 13.4. The summed E-state index contributed by atoms with van der Waals surface area (Å²) in [5, 5.41) is 0. The summed E-state index contributed by atoms with van der Waals surface area (Å²) in [5.41, 5.74) is 0.592. The average molecular weight is 468 g/mol. The molecule has 5 rings (SSSR count). The number of likely N-dealkylation sites (tertiary alicyclic amines) is 1. The second-order valence-corrected chi connectivity index (χ2v) is 12.0. The molecule has 0 spiro atoms. The Hall–Kier alpha value is -2.04. The van der Waals surface area contributed by atoms with E-state index in [-0.39, 0.29) is 11.4 Å². The number of carbonyl (C=O) groups is 2. The molecule has 0 N–H and O–H groups in total. The molecule has 4 fully saturated rings. The minimum absolute atomic E-state index is 0.159. The SMILES string of the molecule is COc1ccccc1OC(=O)CC[C@H]1CC[C@H]2[C@@H]3CCC4N(C)C(=O)CC[C@]4(C)[C@H]3CC[C@]12C. The van der Waals surface area contributed by atoms with Gasteiger partial charge in [0.25, 0.3) is 0 Å². The second-order valence-electron chi connectivity index (χ2n) is 12.0. The molecule has 186 valence electrons. The van der Waals surface area contributed by atoms with Gasteiger partial charge in [-0.3, -0.25) is 9.59 Å². The molecule has 1 saturated heterocycles. The van der Waals surface area contributed by atoms with Crippen LogP contribution >= 0.6 is 0 Å². The lowest BCUT2D eigenvalue weighted by molar-refractivity contribution is -0.158. The third kappa shape index (κ3) is 3.74. The van der Waals surface area contributed by atoms with Crippen LogP contribution in [0.25, 0.3) is 0 Å². The van der Waals surface area contributed by atoms with Crippen molar-refractivity contribution in [3.05, 3.63) is 24.3 Å². The van der Waals surface area contributed by atoms with Crippen molar-refractivity contribution in [2.24, 2.45) is 34.5 Å². The van der Waals surface area contributed by atoms with E-state index in [1.807, 2.05) is 25.2 Å². The van der Waals surface area contributed by atoms with E-state index >= 15 is 0 Å². The van der Waals surface area contributed by atoms with Crippen molar-refractivity contribution < 1.29 is 19.1 Å². The largest absolute Gasteiger partial charge is 0.493 e. The molecular weight excluding hydrogens is 426 g/mol. The molecule has 5 nitrogen and oxygen atoms in total. The number of piperidine rings is 1. The van der Waals surface area contributed by atoms with Gasteiger partial charge in [-0.25, -0.2) is 0 Å². The van der Waals surface area contributed by atoms with Crippen molar-refractivity contribution in [3.8, 4) is 11.5 Å². The number of ether oxygens (including phenoxy) is 2. The maximum Gasteiger partial charge on any atom is 0.311 e. The monoisotopic (exact) mass is 467 g/mol. The van der Waals surface area contributed by atoms with E-state index < -0.39 is 0 Å². The van der Waals surface area contributed by atoms with Gasteiger partial charge >= 0.3 is 5.97 Å². The second kappa shape index (κ2) is 8.87. The molecule has 1 aromatic rings. The Morgan fingerprint density at radius 2 is 1.74 bits per heavy atom. The summed E-state index contributed by atoms with van der Waals surface area (Å²) < 4.78 is 11.0. The van der Waals surface area contributed by atoms with Crippen LogP contribution in [0, 0.1) is 34.5 Å². The number of esters is 1. The summed E-state index contributed by atoms with van der Waals surface area (Å²) in [6, 6.07) is 7.77. The summed E-state index contributed by atoms with van der Waals surface area (Å²) in [5.74, 6) is 4.12. The van der Waals surface area contributed by atoms with E-state index in [0.29, 0.717) is 47.6 Å². The predicted octanol–water partition coefficient (Wildman–Crippen LogP) is 5.86. The van der Waals surface area contributed by atoms with E-state index in [9.17, 15) is 9.59 Å². The van der Waals surface area contributed by atoms with Gasteiger partial charge in [0.15, 0.2) is 11.5 Å². The van der Waals surface area contributed by atoms with Crippen LogP contribution in [0.5, 0.6) is 11.5 Å². The van der Waals surface area contributed by atoms with E-state index in [1.165, 1.54) is 32.1 Å². The first-order valence-corrected chi connectivity index (χ1v) is 13.4.